The first-order chi connectivity index (χ1) is 7.49. The van der Waals surface area contributed by atoms with Crippen molar-refractivity contribution in [1.29, 1.82) is 0 Å². The lowest BCUT2D eigenvalue weighted by molar-refractivity contribution is -0.131. The molecule has 5 heteroatoms. The van der Waals surface area contributed by atoms with Gasteiger partial charge in [0, 0.05) is 22.9 Å². The number of carboxylic acids is 1. The van der Waals surface area contributed by atoms with Crippen LogP contribution in [0.1, 0.15) is 5.56 Å². The Labute approximate surface area is 97.5 Å². The average Bonchev–Trinajstić information content (AvgIpc) is 2.20. The Balaban J connectivity index is 2.77. The van der Waals surface area contributed by atoms with Crippen molar-refractivity contribution >= 4 is 29.2 Å². The van der Waals surface area contributed by atoms with Crippen LogP contribution >= 0.6 is 11.6 Å². The molecule has 16 heavy (non-hydrogen) atoms. The van der Waals surface area contributed by atoms with Crippen molar-refractivity contribution in [2.75, 3.05) is 5.32 Å². The zero-order chi connectivity index (χ0) is 12.1. The number of hydrogen-bond acceptors (Lipinski definition) is 2. The van der Waals surface area contributed by atoms with Gasteiger partial charge in [-0.1, -0.05) is 17.7 Å². The molecule has 0 saturated heterocycles. The van der Waals surface area contributed by atoms with E-state index in [1.165, 1.54) is 0 Å². The number of amides is 1. The smallest absolute Gasteiger partial charge is 0.328 e. The van der Waals surface area contributed by atoms with Gasteiger partial charge in [-0.15, -0.1) is 0 Å². The molecule has 0 spiro atoms. The van der Waals surface area contributed by atoms with E-state index >= 15 is 0 Å². The molecule has 0 aliphatic rings. The first-order valence-electron chi connectivity index (χ1n) is 4.47. The Bertz CT molecular complexity index is 455. The number of halogens is 1. The monoisotopic (exact) mass is 239 g/mol. The lowest BCUT2D eigenvalue weighted by atomic mass is 10.2. The van der Waals surface area contributed by atoms with Crippen LogP contribution in [0.25, 0.3) is 0 Å². The summed E-state index contributed by atoms with van der Waals surface area (Å²) in [4.78, 5) is 21.5. The van der Waals surface area contributed by atoms with Gasteiger partial charge in [-0.2, -0.15) is 0 Å². The topological polar surface area (TPSA) is 66.4 Å². The minimum Gasteiger partial charge on any atom is -0.478 e. The number of carbonyl (C=O) groups is 2. The molecule has 0 atom stereocenters. The molecule has 1 aromatic rings. The van der Waals surface area contributed by atoms with Crippen LogP contribution in [0.4, 0.5) is 5.69 Å². The molecule has 84 valence electrons. The Hall–Kier alpha value is -1.81. The van der Waals surface area contributed by atoms with Crippen molar-refractivity contribution in [1.82, 2.24) is 0 Å². The van der Waals surface area contributed by atoms with Gasteiger partial charge in [0.15, 0.2) is 0 Å². The summed E-state index contributed by atoms with van der Waals surface area (Å²) in [5, 5.41) is 11.4. The minimum absolute atomic E-state index is 0.503. The lowest BCUT2D eigenvalue weighted by Crippen LogP contribution is -2.09. The summed E-state index contributed by atoms with van der Waals surface area (Å²) in [6, 6.07) is 5.07. The molecule has 0 heterocycles. The third kappa shape index (κ3) is 3.74. The number of anilines is 1. The molecule has 2 N–H and O–H groups in total. The zero-order valence-corrected chi connectivity index (χ0v) is 9.28. The summed E-state index contributed by atoms with van der Waals surface area (Å²) in [5.74, 6) is -1.68. The third-order valence-corrected chi connectivity index (χ3v) is 2.07. The average molecular weight is 240 g/mol. The summed E-state index contributed by atoms with van der Waals surface area (Å²) in [6.07, 6.45) is 1.72. The maximum atomic E-state index is 11.3. The number of hydrogen-bond donors (Lipinski definition) is 2. The molecule has 0 unspecified atom stereocenters. The van der Waals surface area contributed by atoms with E-state index in [9.17, 15) is 9.59 Å². The first-order valence-corrected chi connectivity index (χ1v) is 4.85. The molecule has 0 aliphatic heterocycles. The highest BCUT2D eigenvalue weighted by Gasteiger charge is 2.02. The number of rotatable bonds is 3. The van der Waals surface area contributed by atoms with E-state index in [0.29, 0.717) is 10.7 Å². The van der Waals surface area contributed by atoms with E-state index < -0.39 is 11.9 Å². The Morgan fingerprint density at radius 3 is 2.69 bits per heavy atom. The van der Waals surface area contributed by atoms with Gasteiger partial charge in [0.2, 0.25) is 5.91 Å². The third-order valence-electron chi connectivity index (χ3n) is 1.83. The molecule has 0 saturated carbocycles. The second-order valence-corrected chi connectivity index (χ2v) is 3.56. The van der Waals surface area contributed by atoms with Crippen LogP contribution in [0.5, 0.6) is 0 Å². The summed E-state index contributed by atoms with van der Waals surface area (Å²) in [7, 11) is 0. The molecule has 0 radical (unpaired) electrons. The van der Waals surface area contributed by atoms with Crippen molar-refractivity contribution in [2.45, 2.75) is 6.92 Å². The largest absolute Gasteiger partial charge is 0.478 e. The van der Waals surface area contributed by atoms with Gasteiger partial charge < -0.3 is 10.4 Å². The number of nitrogens with one attached hydrogen (secondary N) is 1. The molecule has 1 aromatic carbocycles. The van der Waals surface area contributed by atoms with E-state index in [4.69, 9.17) is 16.7 Å². The SMILES string of the molecule is Cc1ccc(Cl)cc1NC(=O)C=CC(=O)O. The van der Waals surface area contributed by atoms with Gasteiger partial charge in [0.1, 0.15) is 0 Å². The van der Waals surface area contributed by atoms with Gasteiger partial charge in [-0.25, -0.2) is 4.79 Å². The maximum Gasteiger partial charge on any atom is 0.328 e. The Kier molecular flexibility index (Phi) is 4.08. The van der Waals surface area contributed by atoms with Crippen LogP contribution in [-0.4, -0.2) is 17.0 Å². The lowest BCUT2D eigenvalue weighted by Gasteiger charge is -2.06. The van der Waals surface area contributed by atoms with E-state index in [2.05, 4.69) is 5.32 Å². The first kappa shape index (κ1) is 12.3. The quantitative estimate of drug-likeness (QED) is 0.795. The Morgan fingerprint density at radius 1 is 1.38 bits per heavy atom. The summed E-state index contributed by atoms with van der Waals surface area (Å²) in [6.45, 7) is 1.81. The molecule has 0 bridgehead atoms. The number of carboxylic acid groups (broad SMARTS) is 1. The zero-order valence-electron chi connectivity index (χ0n) is 8.53. The summed E-state index contributed by atoms with van der Waals surface area (Å²) < 4.78 is 0. The fraction of sp³-hybridized carbons (Fsp3) is 0.0909. The van der Waals surface area contributed by atoms with E-state index in [-0.39, 0.29) is 0 Å². The number of aryl methyl sites for hydroxylation is 1. The van der Waals surface area contributed by atoms with Crippen LogP contribution in [0.2, 0.25) is 5.02 Å². The molecule has 0 aliphatic carbocycles. The van der Waals surface area contributed by atoms with Crippen LogP contribution < -0.4 is 5.32 Å². The second-order valence-electron chi connectivity index (χ2n) is 3.12. The molecule has 0 fully saturated rings. The molecule has 1 amide bonds. The summed E-state index contributed by atoms with van der Waals surface area (Å²) in [5.41, 5.74) is 1.41. The predicted octanol–water partition coefficient (Wildman–Crippen LogP) is 2.23. The standard InChI is InChI=1S/C11H10ClNO3/c1-7-2-3-8(12)6-9(7)13-10(14)4-5-11(15)16/h2-6H,1H3,(H,13,14)(H,15,16). The molecular weight excluding hydrogens is 230 g/mol. The van der Waals surface area contributed by atoms with Gasteiger partial charge in [-0.05, 0) is 24.6 Å². The van der Waals surface area contributed by atoms with E-state index in [1.54, 1.807) is 18.2 Å². The van der Waals surface area contributed by atoms with Crippen molar-refractivity contribution in [3.63, 3.8) is 0 Å². The van der Waals surface area contributed by atoms with Gasteiger partial charge in [-0.3, -0.25) is 4.79 Å². The van der Waals surface area contributed by atoms with Gasteiger partial charge in [0.05, 0.1) is 0 Å². The molecule has 1 rings (SSSR count). The fourth-order valence-corrected chi connectivity index (χ4v) is 1.22. The minimum atomic E-state index is -1.17. The second kappa shape index (κ2) is 5.32. The van der Waals surface area contributed by atoms with Crippen molar-refractivity contribution in [2.24, 2.45) is 0 Å². The molecule has 0 aromatic heterocycles. The highest BCUT2D eigenvalue weighted by Crippen LogP contribution is 2.19. The van der Waals surface area contributed by atoms with Crippen LogP contribution in [-0.2, 0) is 9.59 Å². The van der Waals surface area contributed by atoms with Crippen LogP contribution in [0.15, 0.2) is 30.4 Å². The highest BCUT2D eigenvalue weighted by molar-refractivity contribution is 6.31. The van der Waals surface area contributed by atoms with Crippen LogP contribution in [0, 0.1) is 6.92 Å². The van der Waals surface area contributed by atoms with E-state index in [1.807, 2.05) is 6.92 Å². The highest BCUT2D eigenvalue weighted by atomic mass is 35.5. The number of benzene rings is 1. The fourth-order valence-electron chi connectivity index (χ4n) is 1.05. The van der Waals surface area contributed by atoms with Crippen LogP contribution in [0.3, 0.4) is 0 Å². The molecule has 4 nitrogen and oxygen atoms in total. The predicted molar refractivity (Wildman–Crippen MR) is 61.6 cm³/mol. The van der Waals surface area contributed by atoms with Crippen molar-refractivity contribution in [3.05, 3.63) is 40.9 Å². The van der Waals surface area contributed by atoms with Gasteiger partial charge >= 0.3 is 5.97 Å². The molecular formula is C11H10ClNO3. The normalized spacial score (nSPS) is 10.4. The summed E-state index contributed by atoms with van der Waals surface area (Å²) >= 11 is 5.76. The maximum absolute atomic E-state index is 11.3. The van der Waals surface area contributed by atoms with E-state index in [0.717, 1.165) is 17.7 Å². The number of carbonyl (C=O) groups excluding carboxylic acids is 1. The van der Waals surface area contributed by atoms with Crippen molar-refractivity contribution < 1.29 is 14.7 Å². The Morgan fingerprint density at radius 2 is 2.06 bits per heavy atom. The van der Waals surface area contributed by atoms with Crippen molar-refractivity contribution in [3.8, 4) is 0 Å². The van der Waals surface area contributed by atoms with Gasteiger partial charge in [0.25, 0.3) is 0 Å². The number of aliphatic carboxylic acids is 1.